The Morgan fingerprint density at radius 3 is 2.00 bits per heavy atom. The molecular formula is C19H26N2O5. The molecule has 0 unspecified atom stereocenters. The lowest BCUT2D eigenvalue weighted by molar-refractivity contribution is -0.132. The number of benzene rings is 1. The summed E-state index contributed by atoms with van der Waals surface area (Å²) in [7, 11) is 4.59. The third-order valence-electron chi connectivity index (χ3n) is 4.95. The molecule has 1 aliphatic heterocycles. The second-order valence-corrected chi connectivity index (χ2v) is 6.65. The van der Waals surface area contributed by atoms with E-state index in [1.165, 1.54) is 14.2 Å². The number of carbonyl (C=O) groups is 2. The van der Waals surface area contributed by atoms with E-state index < -0.39 is 0 Å². The van der Waals surface area contributed by atoms with Crippen molar-refractivity contribution in [2.24, 2.45) is 5.92 Å². The normalized spacial score (nSPS) is 17.5. The number of nitrogens with zero attached hydrogens (tertiary/aromatic N) is 2. The van der Waals surface area contributed by atoms with Crippen molar-refractivity contribution in [3.63, 3.8) is 0 Å². The van der Waals surface area contributed by atoms with Gasteiger partial charge in [0.25, 0.3) is 5.91 Å². The summed E-state index contributed by atoms with van der Waals surface area (Å²) in [4.78, 5) is 29.1. The summed E-state index contributed by atoms with van der Waals surface area (Å²) in [6, 6.07) is 3.35. The van der Waals surface area contributed by atoms with Gasteiger partial charge in [-0.2, -0.15) is 0 Å². The van der Waals surface area contributed by atoms with Gasteiger partial charge in [-0.15, -0.1) is 0 Å². The summed E-state index contributed by atoms with van der Waals surface area (Å²) in [5.74, 6) is 1.69. The van der Waals surface area contributed by atoms with Gasteiger partial charge in [0.15, 0.2) is 0 Å². The zero-order chi connectivity index (χ0) is 18.7. The van der Waals surface area contributed by atoms with Gasteiger partial charge in [0.1, 0.15) is 22.8 Å². The highest BCUT2D eigenvalue weighted by Gasteiger charge is 2.35. The van der Waals surface area contributed by atoms with Gasteiger partial charge < -0.3 is 24.0 Å². The summed E-state index contributed by atoms with van der Waals surface area (Å²) < 4.78 is 16.0. The first kappa shape index (κ1) is 18.4. The Hall–Kier alpha value is -2.44. The molecule has 1 aliphatic carbocycles. The van der Waals surface area contributed by atoms with E-state index in [0.717, 1.165) is 19.3 Å². The zero-order valence-electron chi connectivity index (χ0n) is 15.6. The first-order chi connectivity index (χ1) is 12.6. The summed E-state index contributed by atoms with van der Waals surface area (Å²) in [6.07, 6.45) is 2.77. The Bertz CT molecular complexity index is 662. The van der Waals surface area contributed by atoms with Crippen LogP contribution < -0.4 is 14.2 Å². The van der Waals surface area contributed by atoms with Crippen molar-refractivity contribution in [1.82, 2.24) is 9.80 Å². The van der Waals surface area contributed by atoms with Gasteiger partial charge in [-0.3, -0.25) is 9.59 Å². The summed E-state index contributed by atoms with van der Waals surface area (Å²) in [5.41, 5.74) is 0.387. The van der Waals surface area contributed by atoms with E-state index in [9.17, 15) is 9.59 Å². The maximum atomic E-state index is 13.2. The molecule has 7 heteroatoms. The molecule has 2 fully saturated rings. The average molecular weight is 362 g/mol. The number of methoxy groups -OCH3 is 3. The monoisotopic (exact) mass is 362 g/mol. The van der Waals surface area contributed by atoms with Crippen molar-refractivity contribution in [3.8, 4) is 17.2 Å². The molecule has 0 spiro atoms. The molecule has 1 aromatic rings. The number of ether oxygens (including phenoxy) is 3. The molecular weight excluding hydrogens is 336 g/mol. The van der Waals surface area contributed by atoms with E-state index in [4.69, 9.17) is 14.2 Å². The van der Waals surface area contributed by atoms with E-state index in [1.807, 2.05) is 4.90 Å². The maximum Gasteiger partial charge on any atom is 0.261 e. The van der Waals surface area contributed by atoms with Crippen LogP contribution >= 0.6 is 0 Å². The van der Waals surface area contributed by atoms with E-state index in [1.54, 1.807) is 24.1 Å². The fraction of sp³-hybridized carbons (Fsp3) is 0.579. The molecule has 1 aromatic carbocycles. The minimum absolute atomic E-state index is 0.151. The van der Waals surface area contributed by atoms with Crippen molar-refractivity contribution >= 4 is 11.8 Å². The molecule has 3 rings (SSSR count). The fourth-order valence-electron chi connectivity index (χ4n) is 3.30. The van der Waals surface area contributed by atoms with Crippen LogP contribution in [0.5, 0.6) is 17.2 Å². The van der Waals surface area contributed by atoms with Crippen LogP contribution in [0.15, 0.2) is 12.1 Å². The molecule has 1 saturated carbocycles. The largest absolute Gasteiger partial charge is 0.496 e. The highest BCUT2D eigenvalue weighted by atomic mass is 16.5. The summed E-state index contributed by atoms with van der Waals surface area (Å²) >= 11 is 0. The molecule has 2 amide bonds. The lowest BCUT2D eigenvalue weighted by Gasteiger charge is -2.24. The van der Waals surface area contributed by atoms with Crippen molar-refractivity contribution in [1.29, 1.82) is 0 Å². The fourth-order valence-corrected chi connectivity index (χ4v) is 3.30. The van der Waals surface area contributed by atoms with Gasteiger partial charge in [0.05, 0.1) is 21.3 Å². The van der Waals surface area contributed by atoms with Gasteiger partial charge >= 0.3 is 0 Å². The predicted octanol–water partition coefficient (Wildman–Crippen LogP) is 1.80. The molecule has 142 valence electrons. The van der Waals surface area contributed by atoms with Gasteiger partial charge in [-0.25, -0.2) is 0 Å². The number of rotatable bonds is 5. The lowest BCUT2D eigenvalue weighted by atomic mass is 10.1. The maximum absolute atomic E-state index is 13.2. The second-order valence-electron chi connectivity index (χ2n) is 6.65. The third-order valence-corrected chi connectivity index (χ3v) is 4.95. The number of hydrogen-bond donors (Lipinski definition) is 0. The second kappa shape index (κ2) is 7.85. The standard InChI is InChI=1S/C19H26N2O5/c1-24-14-11-15(25-2)17(16(12-14)26-3)19(23)21-8-4-7-20(9-10-21)18(22)13-5-6-13/h11-13H,4-10H2,1-3H3. The Morgan fingerprint density at radius 1 is 0.885 bits per heavy atom. The number of carbonyl (C=O) groups excluding carboxylic acids is 2. The lowest BCUT2D eigenvalue weighted by Crippen LogP contribution is -2.38. The Labute approximate surface area is 153 Å². The van der Waals surface area contributed by atoms with Crippen LogP contribution in [0.4, 0.5) is 0 Å². The number of amides is 2. The minimum atomic E-state index is -0.151. The van der Waals surface area contributed by atoms with Crippen molar-refractivity contribution in [2.75, 3.05) is 47.5 Å². The van der Waals surface area contributed by atoms with Crippen LogP contribution in [0.1, 0.15) is 29.6 Å². The van der Waals surface area contributed by atoms with Crippen LogP contribution in [-0.2, 0) is 4.79 Å². The predicted molar refractivity (Wildman–Crippen MR) is 95.9 cm³/mol. The highest BCUT2D eigenvalue weighted by molar-refractivity contribution is 6.00. The molecule has 1 heterocycles. The summed E-state index contributed by atoms with van der Waals surface area (Å²) in [6.45, 7) is 2.39. The van der Waals surface area contributed by atoms with Crippen molar-refractivity contribution < 1.29 is 23.8 Å². The first-order valence-electron chi connectivity index (χ1n) is 8.97. The average Bonchev–Trinajstić information content (AvgIpc) is 3.52. The molecule has 0 N–H and O–H groups in total. The quantitative estimate of drug-likeness (QED) is 0.799. The van der Waals surface area contributed by atoms with Crippen LogP contribution in [-0.4, -0.2) is 69.1 Å². The minimum Gasteiger partial charge on any atom is -0.496 e. The third kappa shape index (κ3) is 3.71. The highest BCUT2D eigenvalue weighted by Crippen LogP contribution is 2.35. The molecule has 7 nitrogen and oxygen atoms in total. The zero-order valence-corrected chi connectivity index (χ0v) is 15.6. The van der Waals surface area contributed by atoms with Gasteiger partial charge in [-0.1, -0.05) is 0 Å². The van der Waals surface area contributed by atoms with Gasteiger partial charge in [0, 0.05) is 44.2 Å². The SMILES string of the molecule is COc1cc(OC)c(C(=O)N2CCCN(C(=O)C3CC3)CC2)c(OC)c1. The van der Waals surface area contributed by atoms with Gasteiger partial charge in [0.2, 0.25) is 5.91 Å². The Balaban J connectivity index is 1.79. The molecule has 0 radical (unpaired) electrons. The summed E-state index contributed by atoms with van der Waals surface area (Å²) in [5, 5.41) is 0. The van der Waals surface area contributed by atoms with Crippen molar-refractivity contribution in [2.45, 2.75) is 19.3 Å². The Kier molecular flexibility index (Phi) is 5.54. The van der Waals surface area contributed by atoms with Crippen LogP contribution in [0.2, 0.25) is 0 Å². The molecule has 2 aliphatic rings. The molecule has 0 atom stereocenters. The smallest absolute Gasteiger partial charge is 0.261 e. The van der Waals surface area contributed by atoms with Crippen LogP contribution in [0, 0.1) is 5.92 Å². The van der Waals surface area contributed by atoms with Crippen molar-refractivity contribution in [3.05, 3.63) is 17.7 Å². The van der Waals surface area contributed by atoms with Gasteiger partial charge in [-0.05, 0) is 19.3 Å². The van der Waals surface area contributed by atoms with E-state index in [2.05, 4.69) is 0 Å². The first-order valence-corrected chi connectivity index (χ1v) is 8.97. The molecule has 1 saturated heterocycles. The van der Waals surface area contributed by atoms with Crippen LogP contribution in [0.3, 0.4) is 0 Å². The molecule has 0 bridgehead atoms. The van der Waals surface area contributed by atoms with E-state index in [0.29, 0.717) is 49.0 Å². The van der Waals surface area contributed by atoms with E-state index >= 15 is 0 Å². The van der Waals surface area contributed by atoms with Crippen LogP contribution in [0.25, 0.3) is 0 Å². The molecule has 26 heavy (non-hydrogen) atoms. The Morgan fingerprint density at radius 2 is 1.46 bits per heavy atom. The molecule has 0 aromatic heterocycles. The topological polar surface area (TPSA) is 68.3 Å². The number of hydrogen-bond acceptors (Lipinski definition) is 5. The van der Waals surface area contributed by atoms with E-state index in [-0.39, 0.29) is 17.7 Å².